The molecule has 0 fully saturated rings. The SMILES string of the molecule is CC(C)(CBr)Cc1cnc2ccccn12. The lowest BCUT2D eigenvalue weighted by Crippen LogP contribution is -2.17. The Morgan fingerprint density at radius 3 is 2.93 bits per heavy atom. The van der Waals surface area contributed by atoms with Crippen molar-refractivity contribution in [1.29, 1.82) is 0 Å². The van der Waals surface area contributed by atoms with Gasteiger partial charge in [-0.1, -0.05) is 35.8 Å². The van der Waals surface area contributed by atoms with E-state index in [9.17, 15) is 0 Å². The number of alkyl halides is 1. The predicted molar refractivity (Wildman–Crippen MR) is 66.5 cm³/mol. The summed E-state index contributed by atoms with van der Waals surface area (Å²) in [6, 6.07) is 6.09. The predicted octanol–water partition coefficient (Wildman–Crippen LogP) is 3.30. The van der Waals surface area contributed by atoms with Gasteiger partial charge in [0.2, 0.25) is 0 Å². The highest BCUT2D eigenvalue weighted by atomic mass is 79.9. The van der Waals surface area contributed by atoms with E-state index in [-0.39, 0.29) is 5.41 Å². The third-order valence-corrected chi connectivity index (χ3v) is 4.03. The first-order valence-corrected chi connectivity index (χ1v) is 6.21. The smallest absolute Gasteiger partial charge is 0.136 e. The summed E-state index contributed by atoms with van der Waals surface area (Å²) in [5, 5.41) is 1.00. The first-order valence-electron chi connectivity index (χ1n) is 5.09. The average molecular weight is 267 g/mol. The van der Waals surface area contributed by atoms with Gasteiger partial charge in [0, 0.05) is 23.4 Å². The number of aromatic nitrogens is 2. The minimum Gasteiger partial charge on any atom is -0.304 e. The van der Waals surface area contributed by atoms with E-state index in [4.69, 9.17) is 0 Å². The Labute approximate surface area is 98.5 Å². The lowest BCUT2D eigenvalue weighted by molar-refractivity contribution is 0.418. The molecule has 0 atom stereocenters. The molecule has 0 amide bonds. The molecule has 2 aromatic heterocycles. The van der Waals surface area contributed by atoms with Crippen molar-refractivity contribution >= 4 is 21.6 Å². The molecule has 15 heavy (non-hydrogen) atoms. The summed E-state index contributed by atoms with van der Waals surface area (Å²) in [4.78, 5) is 4.38. The van der Waals surface area contributed by atoms with Gasteiger partial charge in [0.25, 0.3) is 0 Å². The minimum absolute atomic E-state index is 0.270. The van der Waals surface area contributed by atoms with Crippen LogP contribution in [0.3, 0.4) is 0 Å². The van der Waals surface area contributed by atoms with Crippen LogP contribution < -0.4 is 0 Å². The highest BCUT2D eigenvalue weighted by molar-refractivity contribution is 9.09. The second-order valence-corrected chi connectivity index (χ2v) is 5.21. The van der Waals surface area contributed by atoms with Crippen molar-refractivity contribution in [2.45, 2.75) is 20.3 Å². The summed E-state index contributed by atoms with van der Waals surface area (Å²) in [7, 11) is 0. The summed E-state index contributed by atoms with van der Waals surface area (Å²) < 4.78 is 2.16. The molecule has 0 saturated heterocycles. The highest BCUT2D eigenvalue weighted by Gasteiger charge is 2.18. The number of imidazole rings is 1. The van der Waals surface area contributed by atoms with Crippen LogP contribution in [0.15, 0.2) is 30.6 Å². The van der Waals surface area contributed by atoms with Gasteiger partial charge in [-0.15, -0.1) is 0 Å². The maximum atomic E-state index is 4.38. The van der Waals surface area contributed by atoms with Crippen molar-refractivity contribution in [2.24, 2.45) is 5.41 Å². The second kappa shape index (κ2) is 3.97. The molecule has 2 heterocycles. The van der Waals surface area contributed by atoms with Crippen molar-refractivity contribution in [1.82, 2.24) is 9.38 Å². The molecule has 0 N–H and O–H groups in total. The number of hydrogen-bond donors (Lipinski definition) is 0. The fraction of sp³-hybridized carbons (Fsp3) is 0.417. The van der Waals surface area contributed by atoms with Crippen LogP contribution in [0.4, 0.5) is 0 Å². The number of fused-ring (bicyclic) bond motifs is 1. The van der Waals surface area contributed by atoms with E-state index in [2.05, 4.69) is 45.4 Å². The van der Waals surface area contributed by atoms with E-state index < -0.39 is 0 Å². The molecule has 0 spiro atoms. The first kappa shape index (κ1) is 10.7. The van der Waals surface area contributed by atoms with Crippen LogP contribution in [0.5, 0.6) is 0 Å². The molecule has 3 heteroatoms. The van der Waals surface area contributed by atoms with E-state index in [1.807, 2.05) is 24.4 Å². The molecule has 0 aliphatic heterocycles. The molecular formula is C12H15BrN2. The lowest BCUT2D eigenvalue weighted by Gasteiger charge is -2.20. The molecule has 2 nitrogen and oxygen atoms in total. The number of halogens is 1. The summed E-state index contributed by atoms with van der Waals surface area (Å²) in [5.41, 5.74) is 2.57. The van der Waals surface area contributed by atoms with E-state index >= 15 is 0 Å². The maximum Gasteiger partial charge on any atom is 0.136 e. The Bertz CT molecular complexity index is 459. The van der Waals surface area contributed by atoms with Crippen LogP contribution in [0, 0.1) is 5.41 Å². The Balaban J connectivity index is 2.37. The lowest BCUT2D eigenvalue weighted by atomic mass is 9.91. The molecule has 0 aliphatic rings. The maximum absolute atomic E-state index is 4.38. The van der Waals surface area contributed by atoms with Crippen LogP contribution >= 0.6 is 15.9 Å². The van der Waals surface area contributed by atoms with Gasteiger partial charge in [0.05, 0.1) is 0 Å². The number of pyridine rings is 1. The summed E-state index contributed by atoms with van der Waals surface area (Å²) in [6.07, 6.45) is 5.07. The zero-order chi connectivity index (χ0) is 10.9. The molecule has 0 bridgehead atoms. The third-order valence-electron chi connectivity index (χ3n) is 2.52. The van der Waals surface area contributed by atoms with Gasteiger partial charge in [-0.05, 0) is 24.0 Å². The zero-order valence-electron chi connectivity index (χ0n) is 9.07. The van der Waals surface area contributed by atoms with Gasteiger partial charge < -0.3 is 4.40 Å². The Morgan fingerprint density at radius 1 is 1.40 bits per heavy atom. The Kier molecular flexibility index (Phi) is 2.83. The highest BCUT2D eigenvalue weighted by Crippen LogP contribution is 2.24. The molecule has 0 aliphatic carbocycles. The van der Waals surface area contributed by atoms with E-state index in [0.29, 0.717) is 0 Å². The molecule has 2 aromatic rings. The molecule has 0 radical (unpaired) electrons. The summed E-state index contributed by atoms with van der Waals surface area (Å²) >= 11 is 3.55. The quantitative estimate of drug-likeness (QED) is 0.780. The fourth-order valence-electron chi connectivity index (χ4n) is 1.65. The van der Waals surface area contributed by atoms with Gasteiger partial charge >= 0.3 is 0 Å². The summed E-state index contributed by atoms with van der Waals surface area (Å²) in [5.74, 6) is 0. The van der Waals surface area contributed by atoms with Crippen LogP contribution in [0.25, 0.3) is 5.65 Å². The van der Waals surface area contributed by atoms with Gasteiger partial charge in [-0.25, -0.2) is 4.98 Å². The Hall–Kier alpha value is -0.830. The molecule has 0 aromatic carbocycles. The van der Waals surface area contributed by atoms with Crippen LogP contribution in [0.2, 0.25) is 0 Å². The fourth-order valence-corrected chi connectivity index (χ4v) is 1.85. The normalized spacial score (nSPS) is 12.2. The van der Waals surface area contributed by atoms with Gasteiger partial charge in [0.15, 0.2) is 0 Å². The average Bonchev–Trinajstić information content (AvgIpc) is 2.62. The van der Waals surface area contributed by atoms with Crippen LogP contribution in [-0.2, 0) is 6.42 Å². The Morgan fingerprint density at radius 2 is 2.20 bits per heavy atom. The number of nitrogens with zero attached hydrogens (tertiary/aromatic N) is 2. The largest absolute Gasteiger partial charge is 0.304 e. The van der Waals surface area contributed by atoms with Crippen LogP contribution in [0.1, 0.15) is 19.5 Å². The topological polar surface area (TPSA) is 17.3 Å². The van der Waals surface area contributed by atoms with E-state index in [1.54, 1.807) is 0 Å². The molecule has 0 unspecified atom stereocenters. The minimum atomic E-state index is 0.270. The molecule has 2 rings (SSSR count). The number of hydrogen-bond acceptors (Lipinski definition) is 1. The van der Waals surface area contributed by atoms with Crippen molar-refractivity contribution in [3.05, 3.63) is 36.3 Å². The first-order chi connectivity index (χ1) is 7.12. The summed E-state index contributed by atoms with van der Waals surface area (Å²) in [6.45, 7) is 4.51. The van der Waals surface area contributed by atoms with Crippen LogP contribution in [-0.4, -0.2) is 14.7 Å². The van der Waals surface area contributed by atoms with E-state index in [1.165, 1.54) is 5.69 Å². The monoisotopic (exact) mass is 266 g/mol. The zero-order valence-corrected chi connectivity index (χ0v) is 10.7. The van der Waals surface area contributed by atoms with Crippen molar-refractivity contribution < 1.29 is 0 Å². The molecular weight excluding hydrogens is 252 g/mol. The third kappa shape index (κ3) is 2.23. The van der Waals surface area contributed by atoms with Gasteiger partial charge in [-0.3, -0.25) is 0 Å². The van der Waals surface area contributed by atoms with Crippen molar-refractivity contribution in [3.63, 3.8) is 0 Å². The number of rotatable bonds is 3. The molecule has 80 valence electrons. The van der Waals surface area contributed by atoms with Crippen molar-refractivity contribution in [2.75, 3.05) is 5.33 Å². The molecule has 0 saturated carbocycles. The van der Waals surface area contributed by atoms with Crippen molar-refractivity contribution in [3.8, 4) is 0 Å². The second-order valence-electron chi connectivity index (χ2n) is 4.65. The van der Waals surface area contributed by atoms with Gasteiger partial charge in [-0.2, -0.15) is 0 Å². The van der Waals surface area contributed by atoms with E-state index in [0.717, 1.165) is 17.4 Å². The standard InChI is InChI=1S/C12H15BrN2/c1-12(2,9-13)7-10-8-14-11-5-3-4-6-15(10)11/h3-6,8H,7,9H2,1-2H3. The van der Waals surface area contributed by atoms with Gasteiger partial charge in [0.1, 0.15) is 5.65 Å².